The monoisotopic (exact) mass is 1450 g/mol. The van der Waals surface area contributed by atoms with E-state index in [1.807, 2.05) is 97.1 Å². The summed E-state index contributed by atoms with van der Waals surface area (Å²) in [4.78, 5) is 0. The summed E-state index contributed by atoms with van der Waals surface area (Å²) in [7, 11) is 0.299. The first-order chi connectivity index (χ1) is 50.7. The Morgan fingerprint density at radius 3 is 0.790 bits per heavy atom. The summed E-state index contributed by atoms with van der Waals surface area (Å²) < 4.78 is 87.6. The molecule has 4 aliphatic rings. The Kier molecular flexibility index (Phi) is 27.2. The third kappa shape index (κ3) is 23.0. The number of rotatable bonds is 43. The van der Waals surface area contributed by atoms with Crippen molar-refractivity contribution in [3.63, 3.8) is 0 Å². The van der Waals surface area contributed by atoms with Crippen molar-refractivity contribution in [1.82, 2.24) is 5.32 Å². The lowest BCUT2D eigenvalue weighted by molar-refractivity contribution is 0.00878. The molecule has 4 unspecified atom stereocenters. The SMILES string of the molecule is CC(C)(c1ccc(OCC(O)COc2ccc(C(C)(C)c3ccc(OCC4CO4)cc3)cc2)cc1)c1ccc(OCC2CO2)cc1.CCCCNCCC[Si](OC)(OC)OC(COc1ccc(C(C)(C)c2ccc(OCC3CO3)cc2)cc1)COc1ccc(C(C)(C)c2ccc(OCC3CO3)cc2)cc1. The number of epoxide rings is 4. The van der Waals surface area contributed by atoms with E-state index in [4.69, 9.17) is 70.1 Å². The zero-order chi connectivity index (χ0) is 73.9. The van der Waals surface area contributed by atoms with Crippen molar-refractivity contribution in [2.24, 2.45) is 0 Å². The minimum absolute atomic E-state index is 0.134. The van der Waals surface area contributed by atoms with Gasteiger partial charge in [-0.3, -0.25) is 0 Å². The summed E-state index contributed by atoms with van der Waals surface area (Å²) in [6, 6.07) is 66.5. The van der Waals surface area contributed by atoms with E-state index in [0.717, 1.165) is 93.3 Å². The number of ether oxygens (including phenoxy) is 12. The maximum atomic E-state index is 10.5. The summed E-state index contributed by atoms with van der Waals surface area (Å²) in [5.74, 6) is 6.31. The number of unbranched alkanes of at least 4 members (excludes halogenated alkanes) is 1. The summed E-state index contributed by atoms with van der Waals surface area (Å²) in [5.41, 5.74) is 8.64. The van der Waals surface area contributed by atoms with Crippen LogP contribution >= 0.6 is 0 Å². The van der Waals surface area contributed by atoms with Gasteiger partial charge in [-0.1, -0.05) is 166 Å². The molecular weight excluding hydrogens is 1340 g/mol. The van der Waals surface area contributed by atoms with Gasteiger partial charge >= 0.3 is 8.80 Å². The van der Waals surface area contributed by atoms with Gasteiger partial charge in [0.2, 0.25) is 0 Å². The first kappa shape index (κ1) is 78.1. The molecule has 0 amide bonds. The molecule has 0 saturated carbocycles. The number of benzene rings is 8. The molecule has 4 heterocycles. The van der Waals surface area contributed by atoms with Crippen molar-refractivity contribution < 1.29 is 75.2 Å². The van der Waals surface area contributed by atoms with E-state index in [9.17, 15) is 5.11 Å². The van der Waals surface area contributed by atoms with Crippen molar-refractivity contribution >= 4 is 8.80 Å². The Morgan fingerprint density at radius 2 is 0.571 bits per heavy atom. The molecule has 17 nitrogen and oxygen atoms in total. The molecule has 0 radical (unpaired) electrons. The standard InChI is InChI=1S/C48H65NO9Si.C39H44O7/c1-8-9-27-49-28-10-29-59(50-6,51-7)58-46(34-54-42-23-15-38(16-24-42)47(2,3)36-11-19-40(20-12-36)52-30-44-32-56-44)35-55-43-25-17-39(18-26-43)48(4,5)37-13-21-41(22-14-37)53-31-45-33-57-45;1-38(2,29-9-17-34(18-10-29)43-23-36-25-45-36)27-5-13-32(14-6-27)41-21-31(40)22-42-33-15-7-28(8-16-33)39(3,4)30-11-19-35(20-12-30)44-24-37-26-46-37/h11-26,44-46,49H,8-10,27-35H2,1-7H3;5-20,31,36-37,40H,21-26H2,1-4H3. The third-order valence-electron chi connectivity index (χ3n) is 20.2. The molecule has 2 N–H and O–H groups in total. The predicted octanol–water partition coefficient (Wildman–Crippen LogP) is 15.5. The number of nitrogens with one attached hydrogen (secondary N) is 1. The van der Waals surface area contributed by atoms with Crippen LogP contribution < -0.4 is 43.2 Å². The number of aliphatic hydroxyl groups is 1. The van der Waals surface area contributed by atoms with Crippen molar-refractivity contribution in [2.45, 2.75) is 146 Å². The summed E-state index contributed by atoms with van der Waals surface area (Å²) in [6.45, 7) is 28.1. The molecule has 0 spiro atoms. The van der Waals surface area contributed by atoms with E-state index in [2.05, 4.69) is 165 Å². The molecule has 12 rings (SSSR count). The van der Waals surface area contributed by atoms with Crippen LogP contribution in [-0.2, 0) is 53.9 Å². The quantitative estimate of drug-likeness (QED) is 0.0209. The highest BCUT2D eigenvalue weighted by molar-refractivity contribution is 6.60. The van der Waals surface area contributed by atoms with Gasteiger partial charge in [0.1, 0.15) is 135 Å². The molecule has 4 saturated heterocycles. The van der Waals surface area contributed by atoms with Gasteiger partial charge in [-0.2, -0.15) is 0 Å². The van der Waals surface area contributed by atoms with E-state index in [0.29, 0.717) is 44.0 Å². The van der Waals surface area contributed by atoms with Crippen molar-refractivity contribution in [1.29, 1.82) is 0 Å². The molecule has 0 bridgehead atoms. The Balaban J connectivity index is 0.000000216. The van der Waals surface area contributed by atoms with Crippen LogP contribution in [0.2, 0.25) is 6.04 Å². The lowest BCUT2D eigenvalue weighted by atomic mass is 9.78. The van der Waals surface area contributed by atoms with E-state index in [1.165, 1.54) is 44.5 Å². The largest absolute Gasteiger partial charge is 0.500 e. The second-order valence-corrected chi connectivity index (χ2v) is 32.6. The second kappa shape index (κ2) is 36.5. The molecule has 4 atom stereocenters. The topological polar surface area (TPSA) is 184 Å². The maximum absolute atomic E-state index is 10.5. The molecule has 8 aromatic carbocycles. The van der Waals surface area contributed by atoms with Gasteiger partial charge in [0, 0.05) is 41.9 Å². The van der Waals surface area contributed by atoms with Gasteiger partial charge in [-0.15, -0.1) is 0 Å². The zero-order valence-electron chi connectivity index (χ0n) is 63.2. The average molecular weight is 1450 g/mol. The summed E-state index contributed by atoms with van der Waals surface area (Å²) >= 11 is 0. The van der Waals surface area contributed by atoms with Crippen molar-refractivity contribution in [2.75, 3.05) is 107 Å². The molecule has 18 heteroatoms. The van der Waals surface area contributed by atoms with Crippen LogP contribution in [0, 0.1) is 0 Å². The maximum Gasteiger partial charge on any atom is 0.500 e. The smallest absolute Gasteiger partial charge is 0.491 e. The Bertz CT molecular complexity index is 3630. The summed E-state index contributed by atoms with van der Waals surface area (Å²) in [6.07, 6.45) is 2.90. The highest BCUT2D eigenvalue weighted by Crippen LogP contribution is 2.39. The number of hydrogen-bond donors (Lipinski definition) is 2. The highest BCUT2D eigenvalue weighted by Gasteiger charge is 2.42. The van der Waals surface area contributed by atoms with Gasteiger partial charge in [0.25, 0.3) is 0 Å². The first-order valence-corrected chi connectivity index (χ1v) is 39.1. The van der Waals surface area contributed by atoms with Crippen LogP contribution in [0.4, 0.5) is 0 Å². The molecule has 105 heavy (non-hydrogen) atoms. The first-order valence-electron chi connectivity index (χ1n) is 37.2. The fourth-order valence-electron chi connectivity index (χ4n) is 12.3. The number of hydrogen-bond acceptors (Lipinski definition) is 17. The van der Waals surface area contributed by atoms with E-state index < -0.39 is 21.0 Å². The van der Waals surface area contributed by atoms with Gasteiger partial charge in [-0.25, -0.2) is 0 Å². The normalized spacial score (nSPS) is 17.4. The Hall–Kier alpha value is -7.98. The van der Waals surface area contributed by atoms with Gasteiger partial charge in [0.05, 0.1) is 26.4 Å². The fraction of sp³-hybridized carbons (Fsp3) is 0.448. The van der Waals surface area contributed by atoms with Crippen molar-refractivity contribution in [3.05, 3.63) is 239 Å². The van der Waals surface area contributed by atoms with Crippen LogP contribution in [0.3, 0.4) is 0 Å². The van der Waals surface area contributed by atoms with Crippen LogP contribution in [0.1, 0.15) is 126 Å². The highest BCUT2D eigenvalue weighted by atomic mass is 28.4. The molecular formula is C87H109NO16Si. The molecule has 4 fully saturated rings. The second-order valence-electron chi connectivity index (χ2n) is 29.7. The van der Waals surface area contributed by atoms with Crippen LogP contribution in [0.15, 0.2) is 194 Å². The lowest BCUT2D eigenvalue weighted by Gasteiger charge is -2.31. The van der Waals surface area contributed by atoms with E-state index >= 15 is 0 Å². The third-order valence-corrected chi connectivity index (χ3v) is 23.1. The summed E-state index contributed by atoms with van der Waals surface area (Å²) in [5, 5.41) is 14.1. The minimum Gasteiger partial charge on any atom is -0.491 e. The average Bonchev–Trinajstić information content (AvgIpc) is 1.82. The lowest BCUT2D eigenvalue weighted by Crippen LogP contribution is -2.49. The Labute approximate surface area is 623 Å². The van der Waals surface area contributed by atoms with Crippen LogP contribution in [-0.4, -0.2) is 157 Å². The van der Waals surface area contributed by atoms with Crippen LogP contribution in [0.25, 0.3) is 0 Å². The van der Waals surface area contributed by atoms with Gasteiger partial charge < -0.3 is 80.5 Å². The Morgan fingerprint density at radius 1 is 0.352 bits per heavy atom. The molecule has 8 aromatic rings. The number of aliphatic hydroxyl groups excluding tert-OH is 1. The molecule has 4 aliphatic heterocycles. The van der Waals surface area contributed by atoms with Crippen LogP contribution in [0.5, 0.6) is 46.0 Å². The van der Waals surface area contributed by atoms with E-state index in [-0.39, 0.29) is 72.5 Å². The fourth-order valence-corrected chi connectivity index (χ4v) is 14.4. The van der Waals surface area contributed by atoms with E-state index in [1.54, 1.807) is 14.2 Å². The predicted molar refractivity (Wildman–Crippen MR) is 411 cm³/mol. The van der Waals surface area contributed by atoms with Crippen molar-refractivity contribution in [3.8, 4) is 46.0 Å². The molecule has 0 aliphatic carbocycles. The zero-order valence-corrected chi connectivity index (χ0v) is 64.2. The molecule has 0 aromatic heterocycles. The van der Waals surface area contributed by atoms with Gasteiger partial charge in [-0.05, 0) is 168 Å². The van der Waals surface area contributed by atoms with Gasteiger partial charge in [0.15, 0.2) is 0 Å². The molecule has 562 valence electrons. The minimum atomic E-state index is -3.05.